The molecule has 72 valence electrons. The normalized spacial score (nSPS) is 10.9. The minimum atomic E-state index is 0.127. The third-order valence-corrected chi connectivity index (χ3v) is 1.91. The van der Waals surface area contributed by atoms with Gasteiger partial charge in [-0.2, -0.15) is 0 Å². The maximum Gasteiger partial charge on any atom is 0.224 e. The number of nitrogens with zero attached hydrogens (tertiary/aromatic N) is 1. The summed E-state index contributed by atoms with van der Waals surface area (Å²) in [5.41, 5.74) is 0. The minimum Gasteiger partial charge on any atom is -0.346 e. The van der Waals surface area contributed by atoms with Crippen LogP contribution in [0.15, 0.2) is 0 Å². The van der Waals surface area contributed by atoms with Crippen LogP contribution >= 0.6 is 0 Å². The quantitative estimate of drug-likeness (QED) is 0.634. The number of amides is 1. The Morgan fingerprint density at radius 2 is 1.75 bits per heavy atom. The van der Waals surface area contributed by atoms with Crippen LogP contribution in [-0.2, 0) is 4.79 Å². The monoisotopic (exact) mass is 171 g/mol. The van der Waals surface area contributed by atoms with Gasteiger partial charge in [0.05, 0.1) is 0 Å². The van der Waals surface area contributed by atoms with Crippen molar-refractivity contribution in [1.82, 2.24) is 4.90 Å². The molecule has 0 N–H and O–H groups in total. The molecule has 0 saturated carbocycles. The van der Waals surface area contributed by atoms with E-state index in [-0.39, 0.29) is 11.8 Å². The van der Waals surface area contributed by atoms with E-state index in [1.807, 2.05) is 25.8 Å². The van der Waals surface area contributed by atoms with Crippen molar-refractivity contribution >= 4 is 5.91 Å². The van der Waals surface area contributed by atoms with E-state index in [4.69, 9.17) is 0 Å². The fraction of sp³-hybridized carbons (Fsp3) is 0.900. The zero-order valence-corrected chi connectivity index (χ0v) is 8.92. The third-order valence-electron chi connectivity index (χ3n) is 1.91. The predicted molar refractivity (Wildman–Crippen MR) is 51.9 cm³/mol. The van der Waals surface area contributed by atoms with E-state index in [0.29, 0.717) is 5.92 Å². The van der Waals surface area contributed by atoms with Crippen molar-refractivity contribution in [3.8, 4) is 0 Å². The third kappa shape index (κ3) is 4.37. The zero-order valence-electron chi connectivity index (χ0n) is 8.92. The van der Waals surface area contributed by atoms with Crippen molar-refractivity contribution < 1.29 is 4.79 Å². The van der Waals surface area contributed by atoms with E-state index in [9.17, 15) is 4.79 Å². The maximum atomic E-state index is 11.4. The molecule has 12 heavy (non-hydrogen) atoms. The molecule has 0 radical (unpaired) electrons. The first-order valence-corrected chi connectivity index (χ1v) is 4.70. The van der Waals surface area contributed by atoms with Crippen molar-refractivity contribution in [1.29, 1.82) is 0 Å². The molecule has 2 heteroatoms. The van der Waals surface area contributed by atoms with E-state index in [1.165, 1.54) is 0 Å². The van der Waals surface area contributed by atoms with E-state index in [0.717, 1.165) is 13.0 Å². The number of carbonyl (C=O) groups excluding carboxylic acids is 1. The molecule has 0 spiro atoms. The van der Waals surface area contributed by atoms with Crippen LogP contribution in [0.5, 0.6) is 0 Å². The zero-order chi connectivity index (χ0) is 9.72. The van der Waals surface area contributed by atoms with Crippen LogP contribution in [0.25, 0.3) is 0 Å². The summed E-state index contributed by atoms with van der Waals surface area (Å²) in [6, 6.07) is 0. The molecule has 0 heterocycles. The average molecular weight is 171 g/mol. The topological polar surface area (TPSA) is 20.3 Å². The molecule has 0 aliphatic rings. The average Bonchev–Trinajstić information content (AvgIpc) is 1.98. The molecule has 0 fully saturated rings. The molecule has 1 amide bonds. The van der Waals surface area contributed by atoms with Crippen molar-refractivity contribution in [3.63, 3.8) is 0 Å². The first-order valence-electron chi connectivity index (χ1n) is 4.70. The standard InChI is InChI=1S/C10H21NO/c1-8(2)6-7-11(5)10(12)9(3)4/h8-9H,6-7H2,1-5H3. The summed E-state index contributed by atoms with van der Waals surface area (Å²) >= 11 is 0. The second-order valence-electron chi connectivity index (χ2n) is 4.10. The van der Waals surface area contributed by atoms with Gasteiger partial charge in [0, 0.05) is 19.5 Å². The van der Waals surface area contributed by atoms with Crippen molar-refractivity contribution in [3.05, 3.63) is 0 Å². The number of carbonyl (C=O) groups is 1. The summed E-state index contributed by atoms with van der Waals surface area (Å²) in [6.45, 7) is 9.11. The Balaban J connectivity index is 3.72. The number of rotatable bonds is 4. The largest absolute Gasteiger partial charge is 0.346 e. The lowest BCUT2D eigenvalue weighted by Crippen LogP contribution is -2.31. The Kier molecular flexibility index (Phi) is 4.95. The Morgan fingerprint density at radius 3 is 2.08 bits per heavy atom. The Hall–Kier alpha value is -0.530. The summed E-state index contributed by atoms with van der Waals surface area (Å²) in [7, 11) is 1.88. The Labute approximate surface area is 75.9 Å². The lowest BCUT2D eigenvalue weighted by Gasteiger charge is -2.20. The molecule has 0 aliphatic heterocycles. The summed E-state index contributed by atoms with van der Waals surface area (Å²) in [5, 5.41) is 0. The van der Waals surface area contributed by atoms with Crippen LogP contribution in [0.2, 0.25) is 0 Å². The second-order valence-corrected chi connectivity index (χ2v) is 4.10. The van der Waals surface area contributed by atoms with E-state index >= 15 is 0 Å². The maximum absolute atomic E-state index is 11.4. The highest BCUT2D eigenvalue weighted by Crippen LogP contribution is 2.04. The molecule has 0 saturated heterocycles. The molecule has 0 aromatic rings. The summed E-state index contributed by atoms with van der Waals surface area (Å²) < 4.78 is 0. The molecule has 0 rings (SSSR count). The first-order chi connectivity index (χ1) is 5.45. The SMILES string of the molecule is CC(C)CCN(C)C(=O)C(C)C. The summed E-state index contributed by atoms with van der Waals surface area (Å²) in [6.07, 6.45) is 1.09. The van der Waals surface area contributed by atoms with Gasteiger partial charge >= 0.3 is 0 Å². The van der Waals surface area contributed by atoms with Crippen molar-refractivity contribution in [2.75, 3.05) is 13.6 Å². The van der Waals surface area contributed by atoms with Gasteiger partial charge in [-0.25, -0.2) is 0 Å². The fourth-order valence-corrected chi connectivity index (χ4v) is 1.00. The number of hydrogen-bond donors (Lipinski definition) is 0. The highest BCUT2D eigenvalue weighted by molar-refractivity contribution is 5.77. The fourth-order valence-electron chi connectivity index (χ4n) is 1.00. The van der Waals surface area contributed by atoms with Crippen molar-refractivity contribution in [2.45, 2.75) is 34.1 Å². The summed E-state index contributed by atoms with van der Waals surface area (Å²) in [4.78, 5) is 13.2. The Morgan fingerprint density at radius 1 is 1.25 bits per heavy atom. The number of hydrogen-bond acceptors (Lipinski definition) is 1. The van der Waals surface area contributed by atoms with Crippen LogP contribution in [-0.4, -0.2) is 24.4 Å². The van der Waals surface area contributed by atoms with E-state index in [2.05, 4.69) is 13.8 Å². The van der Waals surface area contributed by atoms with Gasteiger partial charge in [0.25, 0.3) is 0 Å². The van der Waals surface area contributed by atoms with Crippen LogP contribution in [0.4, 0.5) is 0 Å². The molecule has 0 aromatic carbocycles. The predicted octanol–water partition coefficient (Wildman–Crippen LogP) is 2.15. The van der Waals surface area contributed by atoms with Crippen LogP contribution in [0.1, 0.15) is 34.1 Å². The summed E-state index contributed by atoms with van der Waals surface area (Å²) in [5.74, 6) is 1.05. The molecule has 0 unspecified atom stereocenters. The van der Waals surface area contributed by atoms with Crippen molar-refractivity contribution in [2.24, 2.45) is 11.8 Å². The van der Waals surface area contributed by atoms with Gasteiger partial charge in [-0.1, -0.05) is 27.7 Å². The van der Waals surface area contributed by atoms with E-state index < -0.39 is 0 Å². The van der Waals surface area contributed by atoms with Crippen LogP contribution < -0.4 is 0 Å². The minimum absolute atomic E-state index is 0.127. The van der Waals surface area contributed by atoms with Gasteiger partial charge in [-0.3, -0.25) is 4.79 Å². The lowest BCUT2D eigenvalue weighted by atomic mass is 10.1. The molecule has 0 aromatic heterocycles. The molecule has 0 bridgehead atoms. The molecule has 0 atom stereocenters. The van der Waals surface area contributed by atoms with Crippen LogP contribution in [0.3, 0.4) is 0 Å². The van der Waals surface area contributed by atoms with Crippen LogP contribution in [0, 0.1) is 11.8 Å². The van der Waals surface area contributed by atoms with Gasteiger partial charge in [0.15, 0.2) is 0 Å². The van der Waals surface area contributed by atoms with Gasteiger partial charge in [0.2, 0.25) is 5.91 Å². The second kappa shape index (κ2) is 5.18. The Bertz CT molecular complexity index is 141. The molecular formula is C10H21NO. The molecule has 0 aliphatic carbocycles. The molecule has 2 nitrogen and oxygen atoms in total. The lowest BCUT2D eigenvalue weighted by molar-refractivity contribution is -0.133. The van der Waals surface area contributed by atoms with Gasteiger partial charge in [-0.15, -0.1) is 0 Å². The van der Waals surface area contributed by atoms with Gasteiger partial charge < -0.3 is 4.90 Å². The van der Waals surface area contributed by atoms with E-state index in [1.54, 1.807) is 0 Å². The highest BCUT2D eigenvalue weighted by atomic mass is 16.2. The van der Waals surface area contributed by atoms with Gasteiger partial charge in [0.1, 0.15) is 0 Å². The smallest absolute Gasteiger partial charge is 0.224 e. The highest BCUT2D eigenvalue weighted by Gasteiger charge is 2.12. The first kappa shape index (κ1) is 11.5. The molecular weight excluding hydrogens is 150 g/mol. The van der Waals surface area contributed by atoms with Gasteiger partial charge in [-0.05, 0) is 12.3 Å².